The summed E-state index contributed by atoms with van der Waals surface area (Å²) in [6.45, 7) is 16.4. The van der Waals surface area contributed by atoms with E-state index in [1.807, 2.05) is 0 Å². The molecule has 2 saturated heterocycles. The van der Waals surface area contributed by atoms with Gasteiger partial charge in [0, 0.05) is 45.3 Å². The lowest BCUT2D eigenvalue weighted by Crippen LogP contribution is -2.48. The summed E-state index contributed by atoms with van der Waals surface area (Å²) in [5.41, 5.74) is 2.67. The molecule has 2 aliphatic heterocycles. The van der Waals surface area contributed by atoms with Gasteiger partial charge in [-0.3, -0.25) is 9.80 Å². The van der Waals surface area contributed by atoms with Crippen molar-refractivity contribution in [2.75, 3.05) is 52.5 Å². The molecule has 3 rings (SSSR count). The molecule has 6 nitrogen and oxygen atoms in total. The molecule has 0 bridgehead atoms. The second-order valence-corrected chi connectivity index (χ2v) is 8.82. The number of nitrogens with zero attached hydrogens (tertiary/aromatic N) is 3. The number of benzene rings is 1. The van der Waals surface area contributed by atoms with Gasteiger partial charge in [-0.05, 0) is 50.3 Å². The summed E-state index contributed by atoms with van der Waals surface area (Å²) in [6, 6.07) is 9.22. The van der Waals surface area contributed by atoms with E-state index in [0.29, 0.717) is 12.6 Å². The van der Waals surface area contributed by atoms with Crippen LogP contribution in [-0.4, -0.2) is 74.3 Å². The lowest BCUT2D eigenvalue weighted by molar-refractivity contribution is 0.0341. The van der Waals surface area contributed by atoms with Gasteiger partial charge >= 0.3 is 0 Å². The number of morpholine rings is 1. The highest BCUT2D eigenvalue weighted by Gasteiger charge is 2.21. The molecular weight excluding hydrogens is 374 g/mol. The average Bonchev–Trinajstić information content (AvgIpc) is 2.77. The molecule has 30 heavy (non-hydrogen) atoms. The molecule has 0 aliphatic carbocycles. The molecule has 2 fully saturated rings. The zero-order valence-corrected chi connectivity index (χ0v) is 19.2. The van der Waals surface area contributed by atoms with Gasteiger partial charge in [0.2, 0.25) is 0 Å². The second kappa shape index (κ2) is 12.3. The van der Waals surface area contributed by atoms with E-state index in [0.717, 1.165) is 57.8 Å². The van der Waals surface area contributed by atoms with E-state index >= 15 is 0 Å². The molecule has 2 aliphatic rings. The van der Waals surface area contributed by atoms with E-state index in [9.17, 15) is 0 Å². The van der Waals surface area contributed by atoms with Crippen molar-refractivity contribution >= 4 is 5.96 Å². The largest absolute Gasteiger partial charge is 0.379 e. The SMILES string of the molecule is CCNC(=NCc1ccccc1CN1CCOCC1)NCC(C)N1CCCC(C)C1. The maximum atomic E-state index is 5.49. The smallest absolute Gasteiger partial charge is 0.191 e. The molecule has 1 aromatic rings. The summed E-state index contributed by atoms with van der Waals surface area (Å²) in [4.78, 5) is 9.98. The minimum absolute atomic E-state index is 0.519. The Balaban J connectivity index is 1.56. The van der Waals surface area contributed by atoms with Gasteiger partial charge in [-0.2, -0.15) is 0 Å². The second-order valence-electron chi connectivity index (χ2n) is 8.82. The quantitative estimate of drug-likeness (QED) is 0.505. The molecule has 0 radical (unpaired) electrons. The Bertz CT molecular complexity index is 659. The van der Waals surface area contributed by atoms with E-state index in [1.54, 1.807) is 0 Å². The van der Waals surface area contributed by atoms with Gasteiger partial charge in [-0.1, -0.05) is 31.2 Å². The number of piperidine rings is 1. The molecule has 2 atom stereocenters. The molecule has 2 heterocycles. The normalized spacial score (nSPS) is 22.6. The first-order chi connectivity index (χ1) is 14.7. The summed E-state index contributed by atoms with van der Waals surface area (Å²) in [7, 11) is 0. The van der Waals surface area contributed by atoms with Crippen molar-refractivity contribution in [1.82, 2.24) is 20.4 Å². The monoisotopic (exact) mass is 415 g/mol. The Morgan fingerprint density at radius 2 is 1.93 bits per heavy atom. The number of nitrogens with one attached hydrogen (secondary N) is 2. The van der Waals surface area contributed by atoms with Crippen LogP contribution in [0, 0.1) is 5.92 Å². The summed E-state index contributed by atoms with van der Waals surface area (Å²) >= 11 is 0. The van der Waals surface area contributed by atoms with Crippen LogP contribution in [0.1, 0.15) is 44.7 Å². The fourth-order valence-electron chi connectivity index (χ4n) is 4.37. The molecule has 2 N–H and O–H groups in total. The lowest BCUT2D eigenvalue weighted by atomic mass is 9.99. The van der Waals surface area contributed by atoms with Gasteiger partial charge in [-0.15, -0.1) is 0 Å². The fraction of sp³-hybridized carbons (Fsp3) is 0.708. The van der Waals surface area contributed by atoms with Crippen LogP contribution in [-0.2, 0) is 17.8 Å². The predicted molar refractivity (Wildman–Crippen MR) is 125 cm³/mol. The lowest BCUT2D eigenvalue weighted by Gasteiger charge is -2.35. The van der Waals surface area contributed by atoms with Crippen molar-refractivity contribution in [3.8, 4) is 0 Å². The van der Waals surface area contributed by atoms with Crippen LogP contribution in [0.25, 0.3) is 0 Å². The Kier molecular flexibility index (Phi) is 9.43. The van der Waals surface area contributed by atoms with Gasteiger partial charge in [0.05, 0.1) is 19.8 Å². The first-order valence-corrected chi connectivity index (χ1v) is 11.8. The standard InChI is InChI=1S/C24H41N5O/c1-4-25-24(26-16-21(3)29-11-7-8-20(2)18-29)27-17-22-9-5-6-10-23(22)19-28-12-14-30-15-13-28/h5-6,9-10,20-21H,4,7-8,11-19H2,1-3H3,(H2,25,26,27). The first kappa shape index (κ1) is 23.0. The minimum atomic E-state index is 0.519. The zero-order chi connectivity index (χ0) is 21.2. The third-order valence-corrected chi connectivity index (χ3v) is 6.24. The Hall–Kier alpha value is -1.63. The molecule has 6 heteroatoms. The highest BCUT2D eigenvalue weighted by molar-refractivity contribution is 5.79. The molecule has 0 aromatic heterocycles. The minimum Gasteiger partial charge on any atom is -0.379 e. The number of hydrogen-bond donors (Lipinski definition) is 2. The van der Waals surface area contributed by atoms with E-state index in [4.69, 9.17) is 9.73 Å². The van der Waals surface area contributed by atoms with Gasteiger partial charge < -0.3 is 15.4 Å². The van der Waals surface area contributed by atoms with Crippen molar-refractivity contribution < 1.29 is 4.74 Å². The van der Waals surface area contributed by atoms with Gasteiger partial charge in [-0.25, -0.2) is 4.99 Å². The number of ether oxygens (including phenoxy) is 1. The van der Waals surface area contributed by atoms with E-state index in [-0.39, 0.29) is 0 Å². The van der Waals surface area contributed by atoms with E-state index in [1.165, 1.54) is 37.1 Å². The molecule has 168 valence electrons. The average molecular weight is 416 g/mol. The van der Waals surface area contributed by atoms with Crippen molar-refractivity contribution in [2.45, 2.75) is 52.7 Å². The Morgan fingerprint density at radius 3 is 2.67 bits per heavy atom. The highest BCUT2D eigenvalue weighted by Crippen LogP contribution is 2.17. The molecular formula is C24H41N5O. The summed E-state index contributed by atoms with van der Waals surface area (Å²) in [5.74, 6) is 1.72. The van der Waals surface area contributed by atoms with Crippen molar-refractivity contribution in [3.05, 3.63) is 35.4 Å². The van der Waals surface area contributed by atoms with Gasteiger partial charge in [0.15, 0.2) is 5.96 Å². The first-order valence-electron chi connectivity index (χ1n) is 11.8. The van der Waals surface area contributed by atoms with Crippen LogP contribution < -0.4 is 10.6 Å². The van der Waals surface area contributed by atoms with Gasteiger partial charge in [0.1, 0.15) is 0 Å². The Labute approximate surface area is 183 Å². The van der Waals surface area contributed by atoms with Crippen molar-refractivity contribution in [1.29, 1.82) is 0 Å². The van der Waals surface area contributed by atoms with Crippen molar-refractivity contribution in [3.63, 3.8) is 0 Å². The van der Waals surface area contributed by atoms with Gasteiger partial charge in [0.25, 0.3) is 0 Å². The van der Waals surface area contributed by atoms with Crippen LogP contribution in [0.4, 0.5) is 0 Å². The van der Waals surface area contributed by atoms with Crippen LogP contribution in [0.15, 0.2) is 29.3 Å². The zero-order valence-electron chi connectivity index (χ0n) is 19.2. The maximum Gasteiger partial charge on any atom is 0.191 e. The molecule has 2 unspecified atom stereocenters. The van der Waals surface area contributed by atoms with E-state index in [2.05, 4.69) is 65.5 Å². The number of aliphatic imine (C=N–C) groups is 1. The maximum absolute atomic E-state index is 5.49. The van der Waals surface area contributed by atoms with E-state index < -0.39 is 0 Å². The predicted octanol–water partition coefficient (Wildman–Crippen LogP) is 2.69. The summed E-state index contributed by atoms with van der Waals surface area (Å²) < 4.78 is 5.49. The van der Waals surface area contributed by atoms with Crippen LogP contribution in [0.2, 0.25) is 0 Å². The molecule has 0 spiro atoms. The Morgan fingerprint density at radius 1 is 1.17 bits per heavy atom. The third kappa shape index (κ3) is 7.25. The number of guanidine groups is 1. The number of likely N-dealkylation sites (tertiary alicyclic amines) is 1. The summed E-state index contributed by atoms with van der Waals surface area (Å²) in [5, 5.41) is 6.99. The molecule has 0 saturated carbocycles. The summed E-state index contributed by atoms with van der Waals surface area (Å²) in [6.07, 6.45) is 2.68. The van der Waals surface area contributed by atoms with Crippen LogP contribution in [0.5, 0.6) is 0 Å². The molecule has 1 aromatic carbocycles. The topological polar surface area (TPSA) is 52.1 Å². The van der Waals surface area contributed by atoms with Crippen LogP contribution in [0.3, 0.4) is 0 Å². The highest BCUT2D eigenvalue weighted by atomic mass is 16.5. The third-order valence-electron chi connectivity index (χ3n) is 6.24. The van der Waals surface area contributed by atoms with Crippen molar-refractivity contribution in [2.24, 2.45) is 10.9 Å². The van der Waals surface area contributed by atoms with Crippen LogP contribution >= 0.6 is 0 Å². The number of rotatable bonds is 8. The number of hydrogen-bond acceptors (Lipinski definition) is 4. The molecule has 0 amide bonds. The fourth-order valence-corrected chi connectivity index (χ4v) is 4.37.